The van der Waals surface area contributed by atoms with Crippen LogP contribution in [0, 0.1) is 0 Å². The molecule has 0 aliphatic heterocycles. The van der Waals surface area contributed by atoms with Gasteiger partial charge in [-0.3, -0.25) is 4.98 Å². The van der Waals surface area contributed by atoms with Gasteiger partial charge in [0.05, 0.1) is 13.0 Å². The molecule has 15 heavy (non-hydrogen) atoms. The van der Waals surface area contributed by atoms with Crippen molar-refractivity contribution in [1.29, 1.82) is 0 Å². The third-order valence-electron chi connectivity index (χ3n) is 1.90. The number of nitrogens with one attached hydrogen (secondary N) is 1. The van der Waals surface area contributed by atoms with Gasteiger partial charge in [-0.25, -0.2) is 0 Å². The molecule has 2 aromatic rings. The smallest absolute Gasteiger partial charge is 0.240 e. The fraction of sp³-hybridized carbons (Fsp3) is 0.300. The van der Waals surface area contributed by atoms with Crippen molar-refractivity contribution >= 4 is 0 Å². The maximum Gasteiger partial charge on any atom is 0.240 e. The Kier molecular flexibility index (Phi) is 3.04. The van der Waals surface area contributed by atoms with Gasteiger partial charge in [0.15, 0.2) is 5.82 Å². The summed E-state index contributed by atoms with van der Waals surface area (Å²) >= 11 is 0. The van der Waals surface area contributed by atoms with E-state index < -0.39 is 0 Å². The van der Waals surface area contributed by atoms with Crippen LogP contribution in [0.25, 0.3) is 0 Å². The van der Waals surface area contributed by atoms with Crippen LogP contribution in [0.3, 0.4) is 0 Å². The Bertz CT molecular complexity index is 412. The molecule has 78 valence electrons. The Morgan fingerprint density at radius 2 is 2.33 bits per heavy atom. The van der Waals surface area contributed by atoms with Crippen molar-refractivity contribution in [1.82, 2.24) is 20.4 Å². The molecule has 0 fully saturated rings. The van der Waals surface area contributed by atoms with Crippen molar-refractivity contribution in [3.8, 4) is 0 Å². The Morgan fingerprint density at radius 3 is 3.07 bits per heavy atom. The fourth-order valence-corrected chi connectivity index (χ4v) is 1.25. The monoisotopic (exact) mass is 204 g/mol. The molecular formula is C10H12N4O. The average molecular weight is 204 g/mol. The van der Waals surface area contributed by atoms with E-state index in [2.05, 4.69) is 20.4 Å². The second kappa shape index (κ2) is 4.65. The third kappa shape index (κ3) is 2.60. The SMILES string of the molecule is CNCc1nc(Cc2ccccn2)no1. The number of hydrogen-bond acceptors (Lipinski definition) is 5. The lowest BCUT2D eigenvalue weighted by Crippen LogP contribution is -2.05. The van der Waals surface area contributed by atoms with Gasteiger partial charge in [-0.05, 0) is 19.2 Å². The van der Waals surface area contributed by atoms with Gasteiger partial charge in [0.25, 0.3) is 0 Å². The lowest BCUT2D eigenvalue weighted by molar-refractivity contribution is 0.367. The summed E-state index contributed by atoms with van der Waals surface area (Å²) in [6.45, 7) is 0.592. The van der Waals surface area contributed by atoms with Crippen LogP contribution in [-0.4, -0.2) is 22.2 Å². The van der Waals surface area contributed by atoms with E-state index in [1.165, 1.54) is 0 Å². The second-order valence-electron chi connectivity index (χ2n) is 3.13. The number of rotatable bonds is 4. The molecule has 0 saturated carbocycles. The molecule has 2 rings (SSSR count). The van der Waals surface area contributed by atoms with Crippen molar-refractivity contribution in [3.63, 3.8) is 0 Å². The third-order valence-corrected chi connectivity index (χ3v) is 1.90. The van der Waals surface area contributed by atoms with E-state index in [1.54, 1.807) is 6.20 Å². The summed E-state index contributed by atoms with van der Waals surface area (Å²) in [5.41, 5.74) is 0.939. The summed E-state index contributed by atoms with van der Waals surface area (Å²) in [7, 11) is 1.84. The summed E-state index contributed by atoms with van der Waals surface area (Å²) in [5, 5.41) is 6.81. The predicted molar refractivity (Wildman–Crippen MR) is 54.1 cm³/mol. The van der Waals surface area contributed by atoms with Crippen molar-refractivity contribution in [2.45, 2.75) is 13.0 Å². The highest BCUT2D eigenvalue weighted by Crippen LogP contribution is 2.03. The van der Waals surface area contributed by atoms with Crippen LogP contribution in [0.2, 0.25) is 0 Å². The van der Waals surface area contributed by atoms with E-state index in [0.29, 0.717) is 24.7 Å². The van der Waals surface area contributed by atoms with Gasteiger partial charge in [0.2, 0.25) is 5.89 Å². The van der Waals surface area contributed by atoms with E-state index in [0.717, 1.165) is 5.69 Å². The normalized spacial score (nSPS) is 10.5. The zero-order valence-corrected chi connectivity index (χ0v) is 8.47. The zero-order chi connectivity index (χ0) is 10.5. The van der Waals surface area contributed by atoms with Crippen LogP contribution >= 0.6 is 0 Å². The number of hydrogen-bond donors (Lipinski definition) is 1. The second-order valence-corrected chi connectivity index (χ2v) is 3.13. The van der Waals surface area contributed by atoms with Crippen LogP contribution in [0.15, 0.2) is 28.9 Å². The molecule has 0 spiro atoms. The number of pyridine rings is 1. The first-order chi connectivity index (χ1) is 7.38. The molecule has 0 amide bonds. The molecule has 0 unspecified atom stereocenters. The lowest BCUT2D eigenvalue weighted by Gasteiger charge is -1.93. The molecule has 0 aliphatic carbocycles. The number of aromatic nitrogens is 3. The molecule has 0 atom stereocenters. The first-order valence-corrected chi connectivity index (χ1v) is 4.74. The standard InChI is InChI=1S/C10H12N4O/c1-11-7-10-13-9(14-15-10)6-8-4-2-3-5-12-8/h2-5,11H,6-7H2,1H3. The van der Waals surface area contributed by atoms with Gasteiger partial charge in [0, 0.05) is 11.9 Å². The van der Waals surface area contributed by atoms with Gasteiger partial charge in [0.1, 0.15) is 0 Å². The Morgan fingerprint density at radius 1 is 1.40 bits per heavy atom. The van der Waals surface area contributed by atoms with Crippen LogP contribution in [0.1, 0.15) is 17.4 Å². The van der Waals surface area contributed by atoms with E-state index in [1.807, 2.05) is 25.2 Å². The minimum absolute atomic E-state index is 0.592. The molecule has 0 bridgehead atoms. The molecule has 2 heterocycles. The first-order valence-electron chi connectivity index (χ1n) is 4.74. The first kappa shape index (κ1) is 9.79. The van der Waals surface area contributed by atoms with Crippen molar-refractivity contribution in [2.75, 3.05) is 7.05 Å². The van der Waals surface area contributed by atoms with Crippen LogP contribution in [-0.2, 0) is 13.0 Å². The maximum absolute atomic E-state index is 5.03. The summed E-state index contributed by atoms with van der Waals surface area (Å²) in [6.07, 6.45) is 2.36. The molecule has 5 heteroatoms. The zero-order valence-electron chi connectivity index (χ0n) is 8.47. The van der Waals surface area contributed by atoms with E-state index >= 15 is 0 Å². The summed E-state index contributed by atoms with van der Waals surface area (Å²) < 4.78 is 5.03. The largest absolute Gasteiger partial charge is 0.338 e. The van der Waals surface area contributed by atoms with Crippen LogP contribution < -0.4 is 5.32 Å². The highest BCUT2D eigenvalue weighted by molar-refractivity contribution is 5.08. The summed E-state index contributed by atoms with van der Waals surface area (Å²) in [5.74, 6) is 1.27. The predicted octanol–water partition coefficient (Wildman–Crippen LogP) is 0.775. The average Bonchev–Trinajstić information content (AvgIpc) is 2.68. The molecule has 1 N–H and O–H groups in total. The van der Waals surface area contributed by atoms with E-state index in [-0.39, 0.29) is 0 Å². The van der Waals surface area contributed by atoms with Gasteiger partial charge in [-0.15, -0.1) is 0 Å². The highest BCUT2D eigenvalue weighted by Gasteiger charge is 2.06. The van der Waals surface area contributed by atoms with Gasteiger partial charge < -0.3 is 9.84 Å². The quantitative estimate of drug-likeness (QED) is 0.797. The minimum Gasteiger partial charge on any atom is -0.338 e. The topological polar surface area (TPSA) is 63.8 Å². The minimum atomic E-state index is 0.592. The maximum atomic E-state index is 5.03. The van der Waals surface area contributed by atoms with Gasteiger partial charge in [-0.2, -0.15) is 4.98 Å². The highest BCUT2D eigenvalue weighted by atomic mass is 16.5. The summed E-state index contributed by atoms with van der Waals surface area (Å²) in [4.78, 5) is 8.41. The van der Waals surface area contributed by atoms with Crippen molar-refractivity contribution < 1.29 is 4.52 Å². The van der Waals surface area contributed by atoms with E-state index in [4.69, 9.17) is 4.52 Å². The lowest BCUT2D eigenvalue weighted by atomic mass is 10.2. The van der Waals surface area contributed by atoms with E-state index in [9.17, 15) is 0 Å². The Balaban J connectivity index is 2.05. The van der Waals surface area contributed by atoms with Crippen molar-refractivity contribution in [3.05, 3.63) is 41.8 Å². The molecule has 0 radical (unpaired) electrons. The van der Waals surface area contributed by atoms with Gasteiger partial charge >= 0.3 is 0 Å². The summed E-state index contributed by atoms with van der Waals surface area (Å²) in [6, 6.07) is 5.76. The van der Waals surface area contributed by atoms with Gasteiger partial charge in [-0.1, -0.05) is 11.2 Å². The fourth-order valence-electron chi connectivity index (χ4n) is 1.25. The molecular weight excluding hydrogens is 192 g/mol. The van der Waals surface area contributed by atoms with Crippen LogP contribution in [0.4, 0.5) is 0 Å². The van der Waals surface area contributed by atoms with Crippen LogP contribution in [0.5, 0.6) is 0 Å². The number of nitrogens with zero attached hydrogens (tertiary/aromatic N) is 3. The molecule has 0 aliphatic rings. The Labute approximate surface area is 87.5 Å². The molecule has 5 nitrogen and oxygen atoms in total. The van der Waals surface area contributed by atoms with Crippen molar-refractivity contribution in [2.24, 2.45) is 0 Å². The molecule has 0 saturated heterocycles. The Hall–Kier alpha value is -1.75. The molecule has 0 aromatic carbocycles. The molecule has 2 aromatic heterocycles.